The van der Waals surface area contributed by atoms with Crippen molar-refractivity contribution in [1.82, 2.24) is 5.43 Å². The summed E-state index contributed by atoms with van der Waals surface area (Å²) in [6.07, 6.45) is -3.65. The zero-order valence-electron chi connectivity index (χ0n) is 12.3. The SMILES string of the molecule is O=C(N/N=C\c1cc([N+](=O)[O-])ccc1O)c1cccc(C(F)(F)F)c1. The molecule has 2 aromatic rings. The average molecular weight is 353 g/mol. The molecule has 0 aliphatic rings. The fourth-order valence-electron chi connectivity index (χ4n) is 1.82. The van der Waals surface area contributed by atoms with E-state index in [9.17, 15) is 33.2 Å². The number of hydrazone groups is 1. The number of benzene rings is 2. The third kappa shape index (κ3) is 4.53. The predicted molar refractivity (Wildman–Crippen MR) is 81.3 cm³/mol. The molecule has 0 aliphatic carbocycles. The van der Waals surface area contributed by atoms with Gasteiger partial charge in [-0.25, -0.2) is 5.43 Å². The molecular formula is C15H10F3N3O4. The fourth-order valence-corrected chi connectivity index (χ4v) is 1.82. The van der Waals surface area contributed by atoms with Gasteiger partial charge in [0, 0.05) is 23.3 Å². The van der Waals surface area contributed by atoms with E-state index in [0.29, 0.717) is 6.07 Å². The third-order valence-electron chi connectivity index (χ3n) is 3.04. The Hall–Kier alpha value is -3.43. The molecule has 0 fully saturated rings. The van der Waals surface area contributed by atoms with E-state index < -0.39 is 22.6 Å². The van der Waals surface area contributed by atoms with Gasteiger partial charge in [-0.3, -0.25) is 14.9 Å². The molecule has 0 unspecified atom stereocenters. The van der Waals surface area contributed by atoms with E-state index in [0.717, 1.165) is 36.5 Å². The number of phenols is 1. The molecular weight excluding hydrogens is 343 g/mol. The fraction of sp³-hybridized carbons (Fsp3) is 0.0667. The summed E-state index contributed by atoms with van der Waals surface area (Å²) in [7, 11) is 0. The van der Waals surface area contributed by atoms with Crippen LogP contribution in [0.4, 0.5) is 18.9 Å². The van der Waals surface area contributed by atoms with E-state index in [1.54, 1.807) is 0 Å². The Morgan fingerprint density at radius 3 is 2.60 bits per heavy atom. The number of nitro benzene ring substituents is 1. The van der Waals surface area contributed by atoms with Gasteiger partial charge in [0.1, 0.15) is 5.75 Å². The highest BCUT2D eigenvalue weighted by atomic mass is 19.4. The number of aromatic hydroxyl groups is 1. The third-order valence-corrected chi connectivity index (χ3v) is 3.04. The first-order chi connectivity index (χ1) is 11.7. The molecule has 10 heteroatoms. The normalized spacial score (nSPS) is 11.5. The van der Waals surface area contributed by atoms with Crippen molar-refractivity contribution in [3.8, 4) is 5.75 Å². The standard InChI is InChI=1S/C15H10F3N3O4/c16-15(17,18)11-3-1-2-9(6-11)14(23)20-19-8-10-7-12(21(24)25)4-5-13(10)22/h1-8,22H,(H,20,23)/b19-8-. The minimum Gasteiger partial charge on any atom is -0.507 e. The Bertz CT molecular complexity index is 850. The Labute approximate surface area is 138 Å². The number of hydrogen-bond acceptors (Lipinski definition) is 5. The van der Waals surface area contributed by atoms with E-state index in [-0.39, 0.29) is 22.6 Å². The highest BCUT2D eigenvalue weighted by Gasteiger charge is 2.30. The minimum absolute atomic E-state index is 0.0430. The monoisotopic (exact) mass is 353 g/mol. The molecule has 0 spiro atoms. The molecule has 2 aromatic carbocycles. The molecule has 0 radical (unpaired) electrons. The first kappa shape index (κ1) is 17.9. The molecule has 2 N–H and O–H groups in total. The van der Waals surface area contributed by atoms with Crippen molar-refractivity contribution in [2.45, 2.75) is 6.18 Å². The second-order valence-electron chi connectivity index (χ2n) is 4.78. The summed E-state index contributed by atoms with van der Waals surface area (Å²) < 4.78 is 37.8. The molecule has 0 bridgehead atoms. The molecule has 0 aliphatic heterocycles. The summed E-state index contributed by atoms with van der Waals surface area (Å²) in [4.78, 5) is 21.8. The number of alkyl halides is 3. The highest BCUT2D eigenvalue weighted by Crippen LogP contribution is 2.29. The van der Waals surface area contributed by atoms with Crippen LogP contribution in [0.2, 0.25) is 0 Å². The lowest BCUT2D eigenvalue weighted by molar-refractivity contribution is -0.384. The van der Waals surface area contributed by atoms with Crippen LogP contribution in [0.5, 0.6) is 5.75 Å². The zero-order valence-corrected chi connectivity index (χ0v) is 12.3. The number of non-ortho nitro benzene ring substituents is 1. The van der Waals surface area contributed by atoms with Gasteiger partial charge in [-0.05, 0) is 24.3 Å². The van der Waals surface area contributed by atoms with Crippen LogP contribution < -0.4 is 5.43 Å². The van der Waals surface area contributed by atoms with Gasteiger partial charge >= 0.3 is 6.18 Å². The van der Waals surface area contributed by atoms with E-state index in [1.165, 1.54) is 6.07 Å². The number of carbonyl (C=O) groups is 1. The molecule has 0 aromatic heterocycles. The molecule has 25 heavy (non-hydrogen) atoms. The van der Waals surface area contributed by atoms with Crippen LogP contribution in [-0.2, 0) is 6.18 Å². The number of nitrogens with one attached hydrogen (secondary N) is 1. The molecule has 0 saturated carbocycles. The summed E-state index contributed by atoms with van der Waals surface area (Å²) >= 11 is 0. The summed E-state index contributed by atoms with van der Waals surface area (Å²) in [6.45, 7) is 0. The van der Waals surface area contributed by atoms with Crippen molar-refractivity contribution in [2.75, 3.05) is 0 Å². The van der Waals surface area contributed by atoms with Crippen LogP contribution in [0.1, 0.15) is 21.5 Å². The van der Waals surface area contributed by atoms with Crippen LogP contribution in [-0.4, -0.2) is 22.2 Å². The minimum atomic E-state index is -4.59. The van der Waals surface area contributed by atoms with Gasteiger partial charge in [0.15, 0.2) is 0 Å². The Balaban J connectivity index is 2.14. The number of halogens is 3. The summed E-state index contributed by atoms with van der Waals surface area (Å²) in [5, 5.41) is 23.7. The Kier molecular flexibility index (Phi) is 5.01. The quantitative estimate of drug-likeness (QED) is 0.500. The molecule has 130 valence electrons. The molecule has 7 nitrogen and oxygen atoms in total. The molecule has 1 amide bonds. The number of hydrogen-bond donors (Lipinski definition) is 2. The number of nitro groups is 1. The second kappa shape index (κ2) is 6.99. The first-order valence-electron chi connectivity index (χ1n) is 6.66. The number of carbonyl (C=O) groups excluding carboxylic acids is 1. The van der Waals surface area contributed by atoms with E-state index in [1.807, 2.05) is 5.43 Å². The van der Waals surface area contributed by atoms with Gasteiger partial charge in [0.25, 0.3) is 11.6 Å². The van der Waals surface area contributed by atoms with Crippen LogP contribution in [0, 0.1) is 10.1 Å². The lowest BCUT2D eigenvalue weighted by Crippen LogP contribution is -2.18. The van der Waals surface area contributed by atoms with E-state index in [2.05, 4.69) is 5.10 Å². The maximum absolute atomic E-state index is 12.6. The van der Waals surface area contributed by atoms with Crippen LogP contribution in [0.25, 0.3) is 0 Å². The van der Waals surface area contributed by atoms with Crippen molar-refractivity contribution in [1.29, 1.82) is 0 Å². The molecule has 0 heterocycles. The Morgan fingerprint density at radius 2 is 1.96 bits per heavy atom. The van der Waals surface area contributed by atoms with Crippen molar-refractivity contribution < 1.29 is 28.0 Å². The van der Waals surface area contributed by atoms with Crippen molar-refractivity contribution in [3.63, 3.8) is 0 Å². The zero-order chi connectivity index (χ0) is 18.6. The average Bonchev–Trinajstić information content (AvgIpc) is 2.55. The number of rotatable bonds is 4. The van der Waals surface area contributed by atoms with E-state index >= 15 is 0 Å². The largest absolute Gasteiger partial charge is 0.507 e. The predicted octanol–water partition coefficient (Wildman–Crippen LogP) is 3.08. The number of phenolic OH excluding ortho intramolecular Hbond substituents is 1. The molecule has 0 saturated heterocycles. The number of amides is 1. The summed E-state index contributed by atoms with van der Waals surface area (Å²) in [5.41, 5.74) is 0.385. The van der Waals surface area contributed by atoms with Crippen LogP contribution in [0.3, 0.4) is 0 Å². The summed E-state index contributed by atoms with van der Waals surface area (Å²) in [6, 6.07) is 6.91. The lowest BCUT2D eigenvalue weighted by Gasteiger charge is -2.07. The van der Waals surface area contributed by atoms with Gasteiger partial charge in [0.05, 0.1) is 16.7 Å². The van der Waals surface area contributed by atoms with Crippen molar-refractivity contribution in [3.05, 3.63) is 69.3 Å². The smallest absolute Gasteiger partial charge is 0.416 e. The van der Waals surface area contributed by atoms with Gasteiger partial charge in [-0.15, -0.1) is 0 Å². The van der Waals surface area contributed by atoms with Crippen molar-refractivity contribution >= 4 is 17.8 Å². The highest BCUT2D eigenvalue weighted by molar-refractivity contribution is 5.95. The van der Waals surface area contributed by atoms with Gasteiger partial charge in [0.2, 0.25) is 0 Å². The molecule has 0 atom stereocenters. The maximum atomic E-state index is 12.6. The van der Waals surface area contributed by atoms with Gasteiger partial charge < -0.3 is 5.11 Å². The van der Waals surface area contributed by atoms with Gasteiger partial charge in [-0.2, -0.15) is 18.3 Å². The second-order valence-corrected chi connectivity index (χ2v) is 4.78. The lowest BCUT2D eigenvalue weighted by atomic mass is 10.1. The van der Waals surface area contributed by atoms with Crippen LogP contribution in [0.15, 0.2) is 47.6 Å². The first-order valence-corrected chi connectivity index (χ1v) is 6.66. The molecule has 2 rings (SSSR count). The van der Waals surface area contributed by atoms with Crippen LogP contribution >= 0.6 is 0 Å². The van der Waals surface area contributed by atoms with E-state index in [4.69, 9.17) is 0 Å². The maximum Gasteiger partial charge on any atom is 0.416 e. The summed E-state index contributed by atoms with van der Waals surface area (Å²) in [5.74, 6) is -1.23. The topological polar surface area (TPSA) is 105 Å². The van der Waals surface area contributed by atoms with Crippen molar-refractivity contribution in [2.24, 2.45) is 5.10 Å². The Morgan fingerprint density at radius 1 is 1.24 bits per heavy atom. The van der Waals surface area contributed by atoms with Gasteiger partial charge in [-0.1, -0.05) is 6.07 Å². The number of nitrogens with zero attached hydrogens (tertiary/aromatic N) is 2.